The summed E-state index contributed by atoms with van der Waals surface area (Å²) in [5.41, 5.74) is 0.870. The molecule has 0 fully saturated rings. The molecule has 0 amide bonds. The Morgan fingerprint density at radius 3 is 2.55 bits per heavy atom. The molecular formula is C15H14BrF2NO. The van der Waals surface area contributed by atoms with E-state index >= 15 is 0 Å². The summed E-state index contributed by atoms with van der Waals surface area (Å²) in [4.78, 5) is 0. The van der Waals surface area contributed by atoms with Crippen molar-refractivity contribution in [1.82, 2.24) is 5.32 Å². The molecule has 0 aromatic heterocycles. The van der Waals surface area contributed by atoms with Crippen molar-refractivity contribution in [2.45, 2.75) is 13.0 Å². The van der Waals surface area contributed by atoms with Crippen molar-refractivity contribution < 1.29 is 13.5 Å². The first-order chi connectivity index (χ1) is 9.52. The number of ether oxygens (including phenoxy) is 1. The standard InChI is InChI=1S/C15H14BrF2NO/c1-9(19-2)11-5-3-4-6-13(11)20-14-8-10(16)7-12(17)15(14)18/h3-9,19H,1-2H3. The van der Waals surface area contributed by atoms with Crippen molar-refractivity contribution in [2.24, 2.45) is 0 Å². The van der Waals surface area contributed by atoms with Crippen molar-refractivity contribution in [3.05, 3.63) is 58.1 Å². The Balaban J connectivity index is 2.40. The molecule has 0 bridgehead atoms. The van der Waals surface area contributed by atoms with Crippen LogP contribution in [0.3, 0.4) is 0 Å². The predicted octanol–water partition coefficient (Wildman–Crippen LogP) is 4.80. The van der Waals surface area contributed by atoms with Crippen LogP contribution < -0.4 is 10.1 Å². The first-order valence-corrected chi connectivity index (χ1v) is 6.90. The van der Waals surface area contributed by atoms with Gasteiger partial charge < -0.3 is 10.1 Å². The van der Waals surface area contributed by atoms with Crippen LogP contribution in [0.2, 0.25) is 0 Å². The zero-order chi connectivity index (χ0) is 14.7. The predicted molar refractivity (Wildman–Crippen MR) is 78.0 cm³/mol. The average molecular weight is 342 g/mol. The lowest BCUT2D eigenvalue weighted by molar-refractivity contribution is 0.408. The van der Waals surface area contributed by atoms with Gasteiger partial charge in [-0.1, -0.05) is 34.1 Å². The van der Waals surface area contributed by atoms with Crippen LogP contribution >= 0.6 is 15.9 Å². The van der Waals surface area contributed by atoms with E-state index < -0.39 is 11.6 Å². The largest absolute Gasteiger partial charge is 0.454 e. The molecule has 2 rings (SSSR count). The van der Waals surface area contributed by atoms with E-state index in [4.69, 9.17) is 4.74 Å². The summed E-state index contributed by atoms with van der Waals surface area (Å²) in [5.74, 6) is -1.60. The van der Waals surface area contributed by atoms with Crippen LogP contribution in [0.25, 0.3) is 0 Å². The molecule has 2 aromatic carbocycles. The van der Waals surface area contributed by atoms with Gasteiger partial charge in [0.05, 0.1) is 0 Å². The van der Waals surface area contributed by atoms with Crippen molar-refractivity contribution in [2.75, 3.05) is 7.05 Å². The van der Waals surface area contributed by atoms with E-state index in [1.165, 1.54) is 6.07 Å². The van der Waals surface area contributed by atoms with Crippen LogP contribution in [0.4, 0.5) is 8.78 Å². The number of hydrogen-bond acceptors (Lipinski definition) is 2. The third-order valence-electron chi connectivity index (χ3n) is 3.00. The van der Waals surface area contributed by atoms with Crippen LogP contribution in [-0.4, -0.2) is 7.05 Å². The van der Waals surface area contributed by atoms with E-state index in [9.17, 15) is 8.78 Å². The minimum Gasteiger partial charge on any atom is -0.454 e. The quantitative estimate of drug-likeness (QED) is 0.806. The molecule has 5 heteroatoms. The van der Waals surface area contributed by atoms with Gasteiger partial charge in [-0.2, -0.15) is 4.39 Å². The smallest absolute Gasteiger partial charge is 0.201 e. The fraction of sp³-hybridized carbons (Fsp3) is 0.200. The minimum absolute atomic E-state index is 0.0336. The van der Waals surface area contributed by atoms with Gasteiger partial charge in [-0.05, 0) is 32.2 Å². The van der Waals surface area contributed by atoms with E-state index in [0.29, 0.717) is 10.2 Å². The van der Waals surface area contributed by atoms with Gasteiger partial charge in [-0.3, -0.25) is 0 Å². The van der Waals surface area contributed by atoms with Gasteiger partial charge in [-0.15, -0.1) is 0 Å². The molecule has 1 N–H and O–H groups in total. The summed E-state index contributed by atoms with van der Waals surface area (Å²) < 4.78 is 33.1. The maximum Gasteiger partial charge on any atom is 0.201 e. The highest BCUT2D eigenvalue weighted by Crippen LogP contribution is 2.33. The number of rotatable bonds is 4. The molecule has 1 atom stereocenters. The maximum atomic E-state index is 13.7. The monoisotopic (exact) mass is 341 g/mol. The Morgan fingerprint density at radius 1 is 1.15 bits per heavy atom. The van der Waals surface area contributed by atoms with Gasteiger partial charge >= 0.3 is 0 Å². The molecule has 0 aliphatic carbocycles. The maximum absolute atomic E-state index is 13.7. The molecule has 0 heterocycles. The van der Waals surface area contributed by atoms with Gasteiger partial charge in [-0.25, -0.2) is 4.39 Å². The number of nitrogens with one attached hydrogen (secondary N) is 1. The molecule has 0 saturated heterocycles. The highest BCUT2D eigenvalue weighted by atomic mass is 79.9. The van der Waals surface area contributed by atoms with E-state index in [1.807, 2.05) is 26.1 Å². The SMILES string of the molecule is CNC(C)c1ccccc1Oc1cc(Br)cc(F)c1F. The van der Waals surface area contributed by atoms with Crippen molar-refractivity contribution in [1.29, 1.82) is 0 Å². The summed E-state index contributed by atoms with van der Waals surface area (Å²) in [6.07, 6.45) is 0. The third-order valence-corrected chi connectivity index (χ3v) is 3.46. The number of hydrogen-bond donors (Lipinski definition) is 1. The number of para-hydroxylation sites is 1. The Kier molecular flexibility index (Phi) is 4.73. The molecule has 0 saturated carbocycles. The highest BCUT2D eigenvalue weighted by Gasteiger charge is 2.15. The topological polar surface area (TPSA) is 21.3 Å². The molecule has 0 spiro atoms. The summed E-state index contributed by atoms with van der Waals surface area (Å²) in [6.45, 7) is 1.96. The first-order valence-electron chi connectivity index (χ1n) is 6.11. The van der Waals surface area contributed by atoms with Crippen molar-refractivity contribution in [3.8, 4) is 11.5 Å². The molecule has 0 radical (unpaired) electrons. The lowest BCUT2D eigenvalue weighted by atomic mass is 10.1. The Hall–Kier alpha value is -1.46. The lowest BCUT2D eigenvalue weighted by Crippen LogP contribution is -2.13. The van der Waals surface area contributed by atoms with Crippen LogP contribution in [0.15, 0.2) is 40.9 Å². The molecular weight excluding hydrogens is 328 g/mol. The zero-order valence-corrected chi connectivity index (χ0v) is 12.7. The van der Waals surface area contributed by atoms with Crippen molar-refractivity contribution in [3.63, 3.8) is 0 Å². The Bertz CT molecular complexity index is 619. The van der Waals surface area contributed by atoms with Crippen LogP contribution in [-0.2, 0) is 0 Å². The summed E-state index contributed by atoms with van der Waals surface area (Å²) >= 11 is 3.12. The third kappa shape index (κ3) is 3.16. The Morgan fingerprint density at radius 2 is 1.85 bits per heavy atom. The average Bonchev–Trinajstić information content (AvgIpc) is 2.44. The Labute approximate surface area is 124 Å². The van der Waals surface area contributed by atoms with Gasteiger partial charge in [0.1, 0.15) is 5.75 Å². The second-order valence-corrected chi connectivity index (χ2v) is 5.27. The van der Waals surface area contributed by atoms with Gasteiger partial charge in [0.25, 0.3) is 0 Å². The number of halogens is 3. The first kappa shape index (κ1) is 14.9. The van der Waals surface area contributed by atoms with Crippen LogP contribution in [0, 0.1) is 11.6 Å². The normalized spacial score (nSPS) is 12.2. The fourth-order valence-corrected chi connectivity index (χ4v) is 2.22. The van der Waals surface area contributed by atoms with E-state index in [-0.39, 0.29) is 11.8 Å². The minimum atomic E-state index is -1.000. The van der Waals surface area contributed by atoms with Gasteiger partial charge in [0.2, 0.25) is 5.82 Å². The molecule has 106 valence electrons. The second kappa shape index (κ2) is 6.33. The van der Waals surface area contributed by atoms with E-state index in [1.54, 1.807) is 12.1 Å². The number of benzene rings is 2. The fourth-order valence-electron chi connectivity index (χ4n) is 1.81. The molecule has 0 aliphatic heterocycles. The molecule has 20 heavy (non-hydrogen) atoms. The lowest BCUT2D eigenvalue weighted by Gasteiger charge is -2.16. The molecule has 0 aliphatic rings. The van der Waals surface area contributed by atoms with Crippen LogP contribution in [0.1, 0.15) is 18.5 Å². The van der Waals surface area contributed by atoms with Gasteiger partial charge in [0, 0.05) is 16.1 Å². The summed E-state index contributed by atoms with van der Waals surface area (Å²) in [7, 11) is 1.82. The second-order valence-electron chi connectivity index (χ2n) is 4.35. The zero-order valence-electron chi connectivity index (χ0n) is 11.1. The molecule has 1 unspecified atom stereocenters. The van der Waals surface area contributed by atoms with Gasteiger partial charge in [0.15, 0.2) is 11.6 Å². The highest BCUT2D eigenvalue weighted by molar-refractivity contribution is 9.10. The van der Waals surface area contributed by atoms with E-state index in [2.05, 4.69) is 21.2 Å². The molecule has 2 aromatic rings. The molecule has 2 nitrogen and oxygen atoms in total. The summed E-state index contributed by atoms with van der Waals surface area (Å²) in [6, 6.07) is 9.75. The van der Waals surface area contributed by atoms with E-state index in [0.717, 1.165) is 11.6 Å². The van der Waals surface area contributed by atoms with Crippen molar-refractivity contribution >= 4 is 15.9 Å². The summed E-state index contributed by atoms with van der Waals surface area (Å²) in [5, 5.41) is 3.09. The van der Waals surface area contributed by atoms with Crippen LogP contribution in [0.5, 0.6) is 11.5 Å².